The topological polar surface area (TPSA) is 18.5 Å². The van der Waals surface area contributed by atoms with Gasteiger partial charge in [0.2, 0.25) is 0 Å². The highest BCUT2D eigenvalue weighted by Crippen LogP contribution is 2.37. The lowest BCUT2D eigenvalue weighted by molar-refractivity contribution is -0.0975. The molecule has 13 heavy (non-hydrogen) atoms. The molecule has 3 unspecified atom stereocenters. The van der Waals surface area contributed by atoms with E-state index in [-0.39, 0.29) is 11.0 Å². The summed E-state index contributed by atoms with van der Waals surface area (Å²) in [7, 11) is 0. The third kappa shape index (κ3) is 2.00. The molecular weight excluding hydrogens is 188 g/mol. The van der Waals surface area contributed by atoms with Crippen LogP contribution < -0.4 is 0 Å². The van der Waals surface area contributed by atoms with Crippen molar-refractivity contribution < 1.29 is 9.47 Å². The number of alkyl halides is 1. The molecular formula is C10H17ClO2. The van der Waals surface area contributed by atoms with Gasteiger partial charge in [0.1, 0.15) is 0 Å². The molecule has 0 bridgehead atoms. The summed E-state index contributed by atoms with van der Waals surface area (Å²) in [5.74, 6) is 0.608. The zero-order valence-electron chi connectivity index (χ0n) is 8.09. The van der Waals surface area contributed by atoms with Crippen LogP contribution in [-0.4, -0.2) is 30.8 Å². The van der Waals surface area contributed by atoms with Gasteiger partial charge in [0.05, 0.1) is 12.2 Å². The first-order valence-electron chi connectivity index (χ1n) is 5.08. The van der Waals surface area contributed by atoms with Gasteiger partial charge < -0.3 is 9.47 Å². The molecule has 2 saturated heterocycles. The summed E-state index contributed by atoms with van der Waals surface area (Å²) in [4.78, 5) is 0. The van der Waals surface area contributed by atoms with E-state index in [4.69, 9.17) is 21.1 Å². The molecule has 2 aliphatic heterocycles. The van der Waals surface area contributed by atoms with Crippen LogP contribution in [0.5, 0.6) is 0 Å². The van der Waals surface area contributed by atoms with Crippen LogP contribution in [0.4, 0.5) is 0 Å². The van der Waals surface area contributed by atoms with Gasteiger partial charge in [-0.05, 0) is 25.7 Å². The highest BCUT2D eigenvalue weighted by atomic mass is 35.5. The third-order valence-corrected chi connectivity index (χ3v) is 3.60. The van der Waals surface area contributed by atoms with Gasteiger partial charge in [-0.3, -0.25) is 0 Å². The average molecular weight is 205 g/mol. The van der Waals surface area contributed by atoms with E-state index in [1.54, 1.807) is 0 Å². The molecule has 0 radical (unpaired) electrons. The number of ether oxygens (including phenoxy) is 2. The summed E-state index contributed by atoms with van der Waals surface area (Å²) in [5, 5.41) is 0.265. The molecule has 0 N–H and O–H groups in total. The van der Waals surface area contributed by atoms with E-state index in [1.807, 2.05) is 0 Å². The molecule has 0 aromatic carbocycles. The molecule has 1 spiro atoms. The van der Waals surface area contributed by atoms with Gasteiger partial charge in [-0.25, -0.2) is 0 Å². The molecule has 76 valence electrons. The maximum Gasteiger partial charge on any atom is 0.0939 e. The summed E-state index contributed by atoms with van der Waals surface area (Å²) < 4.78 is 11.2. The van der Waals surface area contributed by atoms with Crippen LogP contribution >= 0.6 is 11.6 Å². The molecule has 3 atom stereocenters. The third-order valence-electron chi connectivity index (χ3n) is 3.25. The van der Waals surface area contributed by atoms with E-state index >= 15 is 0 Å². The molecule has 0 aliphatic carbocycles. The molecule has 0 amide bonds. The Hall–Kier alpha value is 0.210. The van der Waals surface area contributed by atoms with Crippen LogP contribution in [0.2, 0.25) is 0 Å². The fraction of sp³-hybridized carbons (Fsp3) is 1.00. The summed E-state index contributed by atoms with van der Waals surface area (Å²) in [6.07, 6.45) is 3.23. The molecule has 2 aliphatic rings. The lowest BCUT2D eigenvalue weighted by Crippen LogP contribution is -2.42. The average Bonchev–Trinajstić information content (AvgIpc) is 2.53. The largest absolute Gasteiger partial charge is 0.378 e. The van der Waals surface area contributed by atoms with Crippen molar-refractivity contribution in [1.82, 2.24) is 0 Å². The Bertz CT molecular complexity index is 176. The molecule has 0 saturated carbocycles. The molecule has 2 fully saturated rings. The fourth-order valence-electron chi connectivity index (χ4n) is 2.32. The summed E-state index contributed by atoms with van der Waals surface area (Å²) in [5.41, 5.74) is 0.0199. The van der Waals surface area contributed by atoms with Gasteiger partial charge in [0.25, 0.3) is 0 Å². The summed E-state index contributed by atoms with van der Waals surface area (Å²) >= 11 is 6.12. The van der Waals surface area contributed by atoms with Gasteiger partial charge in [-0.15, -0.1) is 11.6 Å². The van der Waals surface area contributed by atoms with E-state index < -0.39 is 0 Å². The van der Waals surface area contributed by atoms with Gasteiger partial charge in [-0.2, -0.15) is 0 Å². The maximum absolute atomic E-state index is 6.12. The molecule has 2 rings (SSSR count). The van der Waals surface area contributed by atoms with Crippen molar-refractivity contribution in [1.29, 1.82) is 0 Å². The summed E-state index contributed by atoms with van der Waals surface area (Å²) in [6, 6.07) is 0. The normalized spacial score (nSPS) is 42.5. The van der Waals surface area contributed by atoms with E-state index in [2.05, 4.69) is 6.92 Å². The predicted molar refractivity (Wildman–Crippen MR) is 52.2 cm³/mol. The number of rotatable bonds is 1. The van der Waals surface area contributed by atoms with Gasteiger partial charge in [0.15, 0.2) is 0 Å². The molecule has 3 heteroatoms. The molecule has 0 aromatic rings. The smallest absolute Gasteiger partial charge is 0.0939 e. The minimum absolute atomic E-state index is 0.0199. The van der Waals surface area contributed by atoms with Crippen LogP contribution in [0.25, 0.3) is 0 Å². The zero-order valence-corrected chi connectivity index (χ0v) is 8.85. The molecule has 2 heterocycles. The van der Waals surface area contributed by atoms with E-state index in [0.29, 0.717) is 5.92 Å². The van der Waals surface area contributed by atoms with Crippen LogP contribution in [-0.2, 0) is 9.47 Å². The first-order valence-corrected chi connectivity index (χ1v) is 5.51. The highest BCUT2D eigenvalue weighted by Gasteiger charge is 2.41. The van der Waals surface area contributed by atoms with Crippen molar-refractivity contribution in [2.75, 3.05) is 19.8 Å². The fourth-order valence-corrected chi connectivity index (χ4v) is 2.54. The second-order valence-electron chi connectivity index (χ2n) is 4.26. The van der Waals surface area contributed by atoms with Crippen molar-refractivity contribution in [3.8, 4) is 0 Å². The number of hydrogen-bond acceptors (Lipinski definition) is 2. The van der Waals surface area contributed by atoms with Crippen molar-refractivity contribution in [2.24, 2.45) is 5.92 Å². The Morgan fingerprint density at radius 2 is 2.31 bits per heavy atom. The van der Waals surface area contributed by atoms with Crippen LogP contribution in [0, 0.1) is 5.92 Å². The van der Waals surface area contributed by atoms with E-state index in [9.17, 15) is 0 Å². The minimum atomic E-state index is 0.0199. The van der Waals surface area contributed by atoms with Crippen molar-refractivity contribution >= 4 is 11.6 Å². The predicted octanol–water partition coefficient (Wildman–Crippen LogP) is 2.20. The van der Waals surface area contributed by atoms with Gasteiger partial charge >= 0.3 is 0 Å². The minimum Gasteiger partial charge on any atom is -0.378 e. The Morgan fingerprint density at radius 3 is 2.92 bits per heavy atom. The van der Waals surface area contributed by atoms with E-state index in [0.717, 1.165) is 39.1 Å². The van der Waals surface area contributed by atoms with Crippen LogP contribution in [0.1, 0.15) is 26.2 Å². The first kappa shape index (κ1) is 9.75. The summed E-state index contributed by atoms with van der Waals surface area (Å²) in [6.45, 7) is 4.56. The number of hydrogen-bond donors (Lipinski definition) is 0. The van der Waals surface area contributed by atoms with Crippen molar-refractivity contribution in [3.63, 3.8) is 0 Å². The first-order chi connectivity index (χ1) is 6.22. The second kappa shape index (κ2) is 3.76. The maximum atomic E-state index is 6.12. The Morgan fingerprint density at radius 1 is 1.46 bits per heavy atom. The lowest BCUT2D eigenvalue weighted by atomic mass is 9.84. The monoisotopic (exact) mass is 204 g/mol. The SMILES string of the molecule is CC(Cl)C1CCOC2(CCOC2)C1. The van der Waals surface area contributed by atoms with Crippen LogP contribution in [0.15, 0.2) is 0 Å². The quantitative estimate of drug-likeness (QED) is 0.610. The molecule has 0 aromatic heterocycles. The van der Waals surface area contributed by atoms with Gasteiger partial charge in [-0.1, -0.05) is 0 Å². The van der Waals surface area contributed by atoms with Crippen molar-refractivity contribution in [2.45, 2.75) is 37.2 Å². The molecule has 2 nitrogen and oxygen atoms in total. The standard InChI is InChI=1S/C10H17ClO2/c1-8(11)9-2-4-13-10(6-9)3-5-12-7-10/h8-9H,2-7H2,1H3. The van der Waals surface area contributed by atoms with Crippen LogP contribution in [0.3, 0.4) is 0 Å². The second-order valence-corrected chi connectivity index (χ2v) is 4.95. The Labute approximate surface area is 84.5 Å². The van der Waals surface area contributed by atoms with Gasteiger partial charge in [0, 0.05) is 25.0 Å². The van der Waals surface area contributed by atoms with E-state index in [1.165, 1.54) is 0 Å². The lowest BCUT2D eigenvalue weighted by Gasteiger charge is -2.38. The highest BCUT2D eigenvalue weighted by molar-refractivity contribution is 6.20. The Balaban J connectivity index is 1.98. The zero-order chi connectivity index (χ0) is 9.31. The number of halogens is 1. The van der Waals surface area contributed by atoms with Crippen molar-refractivity contribution in [3.05, 3.63) is 0 Å². The Kier molecular flexibility index (Phi) is 2.82.